The molecule has 1 aliphatic rings. The van der Waals surface area contributed by atoms with Crippen LogP contribution >= 0.6 is 0 Å². The number of hydrogen-bond acceptors (Lipinski definition) is 6. The molecule has 2 heterocycles. The van der Waals surface area contributed by atoms with Crippen LogP contribution < -0.4 is 5.43 Å². The van der Waals surface area contributed by atoms with Crippen molar-refractivity contribution < 1.29 is 24.9 Å². The van der Waals surface area contributed by atoms with Crippen LogP contribution in [0.4, 0.5) is 0 Å². The molecule has 2 rings (SSSR count). The van der Waals surface area contributed by atoms with Gasteiger partial charge in [0.15, 0.2) is 11.4 Å². The normalized spacial score (nSPS) is 17.8. The van der Waals surface area contributed by atoms with E-state index < -0.39 is 34.8 Å². The number of carboxylic acid groups (broad SMARTS) is 1. The number of rotatable bonds is 5. The van der Waals surface area contributed by atoms with Gasteiger partial charge in [-0.25, -0.2) is 4.79 Å². The molecule has 138 valence electrons. The van der Waals surface area contributed by atoms with Crippen LogP contribution in [-0.4, -0.2) is 75.0 Å². The van der Waals surface area contributed by atoms with E-state index in [-0.39, 0.29) is 24.2 Å². The van der Waals surface area contributed by atoms with E-state index in [1.54, 1.807) is 0 Å². The molecule has 1 amide bonds. The summed E-state index contributed by atoms with van der Waals surface area (Å²) in [6.45, 7) is 4.59. The summed E-state index contributed by atoms with van der Waals surface area (Å²) in [5, 5.41) is 29.4. The summed E-state index contributed by atoms with van der Waals surface area (Å²) in [6.07, 6.45) is -0.214. The average molecular weight is 353 g/mol. The lowest BCUT2D eigenvalue weighted by molar-refractivity contribution is -0.0287. The first-order valence-corrected chi connectivity index (χ1v) is 7.78. The second-order valence-corrected chi connectivity index (χ2v) is 7.34. The van der Waals surface area contributed by atoms with Crippen LogP contribution in [0.2, 0.25) is 0 Å². The molecule has 1 aromatic rings. The van der Waals surface area contributed by atoms with Gasteiger partial charge in [-0.15, -0.1) is 0 Å². The topological polar surface area (TPSA) is 123 Å². The number of aromatic nitrogens is 1. The van der Waals surface area contributed by atoms with E-state index in [1.165, 1.54) is 4.90 Å². The minimum atomic E-state index is -1.51. The largest absolute Gasteiger partial charge is 0.503 e. The molecular formula is C16H23N3O6. The van der Waals surface area contributed by atoms with Gasteiger partial charge in [0.05, 0.1) is 6.54 Å². The van der Waals surface area contributed by atoms with Crippen LogP contribution in [-0.2, 0) is 6.54 Å². The maximum absolute atomic E-state index is 12.7. The Morgan fingerprint density at radius 3 is 2.48 bits per heavy atom. The summed E-state index contributed by atoms with van der Waals surface area (Å²) in [5.74, 6) is -3.13. The van der Waals surface area contributed by atoms with Crippen molar-refractivity contribution in [1.29, 1.82) is 0 Å². The van der Waals surface area contributed by atoms with Crippen molar-refractivity contribution in [2.24, 2.45) is 5.41 Å². The molecule has 0 radical (unpaired) electrons. The van der Waals surface area contributed by atoms with Gasteiger partial charge in [-0.2, -0.15) is 0 Å². The summed E-state index contributed by atoms with van der Waals surface area (Å²) >= 11 is 0. The van der Waals surface area contributed by atoms with Gasteiger partial charge in [0.2, 0.25) is 5.43 Å². The Kier molecular flexibility index (Phi) is 4.92. The summed E-state index contributed by atoms with van der Waals surface area (Å²) < 4.78 is 1.11. The lowest BCUT2D eigenvalue weighted by Gasteiger charge is -2.40. The molecule has 9 heteroatoms. The fraction of sp³-hybridized carbons (Fsp3) is 0.562. The van der Waals surface area contributed by atoms with E-state index in [1.807, 2.05) is 32.8 Å². The fourth-order valence-corrected chi connectivity index (χ4v) is 3.26. The molecule has 0 bridgehead atoms. The van der Waals surface area contributed by atoms with Crippen LogP contribution in [0.3, 0.4) is 0 Å². The third-order valence-corrected chi connectivity index (χ3v) is 4.01. The van der Waals surface area contributed by atoms with Gasteiger partial charge in [0.25, 0.3) is 5.91 Å². The third-order valence-electron chi connectivity index (χ3n) is 4.01. The van der Waals surface area contributed by atoms with Crippen LogP contribution in [0.1, 0.15) is 34.7 Å². The number of fused-ring (bicyclic) bond motifs is 1. The number of pyridine rings is 1. The Balaban J connectivity index is 2.44. The lowest BCUT2D eigenvalue weighted by Crippen LogP contribution is -2.53. The van der Waals surface area contributed by atoms with Crippen LogP contribution in [0.15, 0.2) is 11.0 Å². The zero-order valence-electron chi connectivity index (χ0n) is 14.7. The highest BCUT2D eigenvalue weighted by Gasteiger charge is 2.38. The molecule has 1 atom stereocenters. The zero-order valence-corrected chi connectivity index (χ0v) is 14.7. The minimum absolute atomic E-state index is 0.132. The number of aromatic hydroxyl groups is 1. The van der Waals surface area contributed by atoms with Crippen molar-refractivity contribution in [2.75, 3.05) is 27.2 Å². The number of hydrogen-bond donors (Lipinski definition) is 3. The molecule has 3 N–H and O–H groups in total. The van der Waals surface area contributed by atoms with Crippen LogP contribution in [0, 0.1) is 5.41 Å². The van der Waals surface area contributed by atoms with Gasteiger partial charge in [0, 0.05) is 19.3 Å². The number of carbonyl (C=O) groups is 2. The standard InChI is InChI=1S/C16H23N3O6/c1-16(2,7-17(3)4)8-19-10(20)6-18-5-9(15(24)25)12(21)13(22)11(18)14(19)23/h5,10,20,22H,6-8H2,1-4H3,(H,24,25). The summed E-state index contributed by atoms with van der Waals surface area (Å²) in [4.78, 5) is 38.9. The van der Waals surface area contributed by atoms with E-state index in [0.717, 1.165) is 10.8 Å². The van der Waals surface area contributed by atoms with Gasteiger partial charge in [0.1, 0.15) is 11.8 Å². The predicted octanol–water partition coefficient (Wildman–Crippen LogP) is -0.386. The minimum Gasteiger partial charge on any atom is -0.503 e. The van der Waals surface area contributed by atoms with Gasteiger partial charge >= 0.3 is 5.97 Å². The van der Waals surface area contributed by atoms with Crippen molar-refractivity contribution in [3.63, 3.8) is 0 Å². The quantitative estimate of drug-likeness (QED) is 0.659. The number of aliphatic hydroxyl groups excluding tert-OH is 1. The van der Waals surface area contributed by atoms with Gasteiger partial charge in [-0.05, 0) is 19.5 Å². The van der Waals surface area contributed by atoms with E-state index in [4.69, 9.17) is 5.11 Å². The second-order valence-electron chi connectivity index (χ2n) is 7.34. The number of carbonyl (C=O) groups excluding carboxylic acids is 1. The van der Waals surface area contributed by atoms with Crippen LogP contribution in [0.5, 0.6) is 5.75 Å². The Morgan fingerprint density at radius 2 is 1.96 bits per heavy atom. The first-order chi connectivity index (χ1) is 11.4. The predicted molar refractivity (Wildman–Crippen MR) is 88.7 cm³/mol. The fourth-order valence-electron chi connectivity index (χ4n) is 3.26. The molecule has 0 saturated carbocycles. The number of amides is 1. The summed E-state index contributed by atoms with van der Waals surface area (Å²) in [7, 11) is 3.79. The average Bonchev–Trinajstić information content (AvgIpc) is 2.45. The lowest BCUT2D eigenvalue weighted by atomic mass is 9.91. The molecule has 0 aliphatic carbocycles. The molecule has 1 unspecified atom stereocenters. The van der Waals surface area contributed by atoms with E-state index in [9.17, 15) is 24.6 Å². The molecule has 0 saturated heterocycles. The number of carboxylic acids is 1. The Hall–Kier alpha value is -2.39. The summed E-state index contributed by atoms with van der Waals surface area (Å²) in [5.41, 5.74) is -2.42. The number of nitrogens with zero attached hydrogens (tertiary/aromatic N) is 3. The first-order valence-electron chi connectivity index (χ1n) is 7.78. The maximum atomic E-state index is 12.7. The molecule has 0 aromatic carbocycles. The van der Waals surface area contributed by atoms with Crippen molar-refractivity contribution in [2.45, 2.75) is 26.6 Å². The number of aliphatic hydroxyl groups is 1. The highest BCUT2D eigenvalue weighted by Crippen LogP contribution is 2.27. The van der Waals surface area contributed by atoms with Crippen LogP contribution in [0.25, 0.3) is 0 Å². The zero-order chi connectivity index (χ0) is 19.1. The highest BCUT2D eigenvalue weighted by molar-refractivity contribution is 5.97. The molecule has 1 aromatic heterocycles. The van der Waals surface area contributed by atoms with Gasteiger partial charge in [-0.1, -0.05) is 13.8 Å². The number of aromatic carboxylic acids is 1. The maximum Gasteiger partial charge on any atom is 0.341 e. The Morgan fingerprint density at radius 1 is 1.36 bits per heavy atom. The van der Waals surface area contributed by atoms with E-state index in [0.29, 0.717) is 6.54 Å². The monoisotopic (exact) mass is 353 g/mol. The molecular weight excluding hydrogens is 330 g/mol. The van der Waals surface area contributed by atoms with E-state index >= 15 is 0 Å². The van der Waals surface area contributed by atoms with Gasteiger partial charge in [-0.3, -0.25) is 9.59 Å². The van der Waals surface area contributed by atoms with E-state index in [2.05, 4.69) is 0 Å². The molecule has 0 spiro atoms. The van der Waals surface area contributed by atoms with Crippen molar-refractivity contribution in [3.05, 3.63) is 27.7 Å². The Bertz CT molecular complexity index is 768. The van der Waals surface area contributed by atoms with Crippen molar-refractivity contribution >= 4 is 11.9 Å². The highest BCUT2D eigenvalue weighted by atomic mass is 16.4. The SMILES string of the molecule is CN(C)CC(C)(C)CN1C(=O)c2c(O)c(=O)c(C(=O)O)cn2CC1O. The summed E-state index contributed by atoms with van der Waals surface area (Å²) in [6, 6.07) is 0. The molecule has 25 heavy (non-hydrogen) atoms. The molecule has 9 nitrogen and oxygen atoms in total. The second kappa shape index (κ2) is 6.49. The molecule has 0 fully saturated rings. The van der Waals surface area contributed by atoms with Crippen molar-refractivity contribution in [1.82, 2.24) is 14.4 Å². The Labute approximate surface area is 144 Å². The third kappa shape index (κ3) is 3.67. The van der Waals surface area contributed by atoms with Gasteiger partial charge < -0.3 is 29.7 Å². The van der Waals surface area contributed by atoms with Crippen molar-refractivity contribution in [3.8, 4) is 5.75 Å². The smallest absolute Gasteiger partial charge is 0.341 e. The molecule has 1 aliphatic heterocycles. The first kappa shape index (κ1) is 18.9.